The van der Waals surface area contributed by atoms with Crippen LogP contribution in [-0.2, 0) is 9.53 Å². The number of hydrogen-bond donors (Lipinski definition) is 0. The Morgan fingerprint density at radius 3 is 2.50 bits per heavy atom. The van der Waals surface area contributed by atoms with Crippen molar-refractivity contribution < 1.29 is 23.4 Å². The van der Waals surface area contributed by atoms with Crippen molar-refractivity contribution in [2.75, 3.05) is 13.7 Å². The number of halogens is 1. The lowest BCUT2D eigenvalue weighted by molar-refractivity contribution is -0.168. The lowest BCUT2D eigenvalue weighted by Gasteiger charge is -2.49. The minimum Gasteiger partial charge on any atom is -0.492 e. The third kappa shape index (κ3) is 2.75. The maximum Gasteiger partial charge on any atom is 0.343 e. The fourth-order valence-corrected chi connectivity index (χ4v) is 5.52. The molecule has 3 atom stereocenters. The monoisotopic (exact) mass is 474 g/mol. The molecule has 6 nitrogen and oxygen atoms in total. The average molecular weight is 475 g/mol. The van der Waals surface area contributed by atoms with Crippen LogP contribution in [0.3, 0.4) is 0 Å². The van der Waals surface area contributed by atoms with Gasteiger partial charge in [0.05, 0.1) is 18.1 Å². The van der Waals surface area contributed by atoms with E-state index < -0.39 is 29.0 Å². The summed E-state index contributed by atoms with van der Waals surface area (Å²) in [6.45, 7) is -0.0665. The summed E-state index contributed by atoms with van der Waals surface area (Å²) in [5, 5.41) is 1.07. The molecule has 3 aromatic carbocycles. The number of ether oxygens (including phenoxy) is 3. The summed E-state index contributed by atoms with van der Waals surface area (Å²) < 4.78 is 23.7. The minimum absolute atomic E-state index is 0.0665. The number of esters is 1. The molecule has 34 heavy (non-hydrogen) atoms. The van der Waals surface area contributed by atoms with Gasteiger partial charge in [-0.1, -0.05) is 60.1 Å². The summed E-state index contributed by atoms with van der Waals surface area (Å²) in [5.41, 5.74) is -0.0357. The lowest BCUT2D eigenvalue weighted by Crippen LogP contribution is -2.55. The zero-order valence-electron chi connectivity index (χ0n) is 18.1. The number of hydrogen-bond acceptors (Lipinski definition) is 6. The maximum atomic E-state index is 13.7. The van der Waals surface area contributed by atoms with Crippen molar-refractivity contribution in [3.8, 4) is 11.5 Å². The van der Waals surface area contributed by atoms with E-state index in [0.29, 0.717) is 38.6 Å². The largest absolute Gasteiger partial charge is 0.492 e. The summed E-state index contributed by atoms with van der Waals surface area (Å²) in [7, 11) is 1.32. The Labute approximate surface area is 199 Å². The SMILES string of the molecule is COC(=O)[C@]12COc3ccccc3[C@H]1c1c(c3ccccc3oc1=O)O[C@H]2c1ccccc1Cl. The highest BCUT2D eigenvalue weighted by Gasteiger charge is 2.63. The Hall–Kier alpha value is -3.77. The van der Waals surface area contributed by atoms with E-state index in [9.17, 15) is 9.59 Å². The van der Waals surface area contributed by atoms with Gasteiger partial charge in [-0.25, -0.2) is 4.79 Å². The Balaban J connectivity index is 1.76. The van der Waals surface area contributed by atoms with Gasteiger partial charge in [0, 0.05) is 22.1 Å². The van der Waals surface area contributed by atoms with Crippen LogP contribution in [0.1, 0.15) is 28.7 Å². The molecule has 0 N–H and O–H groups in total. The third-order valence-corrected chi connectivity index (χ3v) is 7.10. The van der Waals surface area contributed by atoms with Crippen LogP contribution in [0.15, 0.2) is 82.0 Å². The fourth-order valence-electron chi connectivity index (χ4n) is 5.29. The van der Waals surface area contributed by atoms with Crippen molar-refractivity contribution >= 4 is 28.5 Å². The van der Waals surface area contributed by atoms with E-state index in [-0.39, 0.29) is 12.2 Å². The first-order valence-corrected chi connectivity index (χ1v) is 11.2. The molecule has 4 aromatic rings. The molecule has 0 radical (unpaired) electrons. The van der Waals surface area contributed by atoms with E-state index in [4.69, 9.17) is 30.2 Å². The van der Waals surface area contributed by atoms with E-state index >= 15 is 0 Å². The quantitative estimate of drug-likeness (QED) is 0.291. The molecule has 170 valence electrons. The van der Waals surface area contributed by atoms with Crippen molar-refractivity contribution in [2.45, 2.75) is 12.0 Å². The van der Waals surface area contributed by atoms with Crippen LogP contribution in [0.2, 0.25) is 5.02 Å². The lowest BCUT2D eigenvalue weighted by atomic mass is 9.61. The standard InChI is InChI=1S/C27H19ClO6/c1-31-26(30)27-14-32-19-12-6-3-9-16(19)22(27)21-23(17-10-4-7-13-20(17)33-25(21)29)34-24(27)15-8-2-5-11-18(15)28/h2-13,22,24H,14H2,1H3/t22-,24-,27+/m0/s1. The predicted molar refractivity (Wildman–Crippen MR) is 126 cm³/mol. The van der Waals surface area contributed by atoms with Crippen molar-refractivity contribution in [2.24, 2.45) is 5.41 Å². The molecule has 7 heteroatoms. The van der Waals surface area contributed by atoms with E-state index in [0.717, 1.165) is 0 Å². The number of para-hydroxylation sites is 2. The molecule has 0 amide bonds. The van der Waals surface area contributed by atoms with E-state index in [1.54, 1.807) is 18.2 Å². The average Bonchev–Trinajstić information content (AvgIpc) is 2.87. The first-order chi connectivity index (χ1) is 16.6. The number of benzene rings is 3. The number of rotatable bonds is 2. The van der Waals surface area contributed by atoms with Gasteiger partial charge in [-0.05, 0) is 24.3 Å². The van der Waals surface area contributed by atoms with E-state index in [1.165, 1.54) is 7.11 Å². The summed E-state index contributed by atoms with van der Waals surface area (Å²) >= 11 is 6.62. The summed E-state index contributed by atoms with van der Waals surface area (Å²) in [6, 6.07) is 21.7. The molecule has 0 aliphatic carbocycles. The van der Waals surface area contributed by atoms with Gasteiger partial charge in [0.15, 0.2) is 5.41 Å². The second kappa shape index (κ2) is 7.64. The Morgan fingerprint density at radius 1 is 1.00 bits per heavy atom. The molecule has 0 spiro atoms. The first-order valence-electron chi connectivity index (χ1n) is 10.8. The van der Waals surface area contributed by atoms with Crippen molar-refractivity contribution in [1.82, 2.24) is 0 Å². The highest BCUT2D eigenvalue weighted by molar-refractivity contribution is 6.31. The second-order valence-electron chi connectivity index (χ2n) is 8.44. The molecule has 0 unspecified atom stereocenters. The highest BCUT2D eigenvalue weighted by Crippen LogP contribution is 2.61. The van der Waals surface area contributed by atoms with Gasteiger partial charge in [0.1, 0.15) is 29.8 Å². The van der Waals surface area contributed by atoms with Gasteiger partial charge in [-0.15, -0.1) is 0 Å². The fraction of sp³-hybridized carbons (Fsp3) is 0.185. The Morgan fingerprint density at radius 2 is 1.71 bits per heavy atom. The number of fused-ring (bicyclic) bond motifs is 7. The van der Waals surface area contributed by atoms with Crippen LogP contribution in [0.4, 0.5) is 0 Å². The van der Waals surface area contributed by atoms with Crippen LogP contribution in [0, 0.1) is 5.41 Å². The molecule has 6 rings (SSSR count). The summed E-state index contributed by atoms with van der Waals surface area (Å²) in [4.78, 5) is 27.1. The number of methoxy groups -OCH3 is 1. The normalized spacial score (nSPS) is 22.5. The summed E-state index contributed by atoms with van der Waals surface area (Å²) in [5.74, 6) is -0.339. The molecule has 1 aromatic heterocycles. The van der Waals surface area contributed by atoms with Gasteiger partial charge in [0.25, 0.3) is 0 Å². The van der Waals surface area contributed by atoms with Gasteiger partial charge < -0.3 is 18.6 Å². The Bertz CT molecular complexity index is 1510. The molecule has 0 fully saturated rings. The predicted octanol–water partition coefficient (Wildman–Crippen LogP) is 5.26. The maximum absolute atomic E-state index is 13.7. The second-order valence-corrected chi connectivity index (χ2v) is 8.85. The minimum atomic E-state index is -1.42. The zero-order chi connectivity index (χ0) is 23.4. The number of carbonyl (C=O) groups excluding carboxylic acids is 1. The topological polar surface area (TPSA) is 75.0 Å². The van der Waals surface area contributed by atoms with Crippen LogP contribution in [0.5, 0.6) is 11.5 Å². The molecule has 2 aliphatic heterocycles. The zero-order valence-corrected chi connectivity index (χ0v) is 18.9. The highest BCUT2D eigenvalue weighted by atomic mass is 35.5. The van der Waals surface area contributed by atoms with E-state index in [1.807, 2.05) is 54.6 Å². The molecule has 0 saturated carbocycles. The van der Waals surface area contributed by atoms with Gasteiger partial charge in [-0.3, -0.25) is 4.79 Å². The third-order valence-electron chi connectivity index (χ3n) is 6.76. The number of carbonyl (C=O) groups is 1. The van der Waals surface area contributed by atoms with E-state index in [2.05, 4.69) is 0 Å². The molecular formula is C27H19ClO6. The van der Waals surface area contributed by atoms with Crippen LogP contribution in [-0.4, -0.2) is 19.7 Å². The van der Waals surface area contributed by atoms with Crippen molar-refractivity contribution in [3.05, 3.63) is 105 Å². The van der Waals surface area contributed by atoms with Crippen LogP contribution in [0.25, 0.3) is 11.0 Å². The van der Waals surface area contributed by atoms with Crippen LogP contribution >= 0.6 is 11.6 Å². The molecule has 0 saturated heterocycles. The first kappa shape index (κ1) is 20.8. The van der Waals surface area contributed by atoms with Gasteiger partial charge in [-0.2, -0.15) is 0 Å². The smallest absolute Gasteiger partial charge is 0.343 e. The Kier molecular flexibility index (Phi) is 4.67. The molecular weight excluding hydrogens is 456 g/mol. The van der Waals surface area contributed by atoms with Crippen molar-refractivity contribution in [1.29, 1.82) is 0 Å². The van der Waals surface area contributed by atoms with Gasteiger partial charge >= 0.3 is 11.6 Å². The van der Waals surface area contributed by atoms with Crippen LogP contribution < -0.4 is 15.1 Å². The van der Waals surface area contributed by atoms with Crippen molar-refractivity contribution in [3.63, 3.8) is 0 Å². The molecule has 2 aliphatic rings. The summed E-state index contributed by atoms with van der Waals surface area (Å²) in [6.07, 6.45) is -0.885. The molecule has 3 heterocycles. The molecule has 0 bridgehead atoms. The van der Waals surface area contributed by atoms with Gasteiger partial charge in [0.2, 0.25) is 0 Å².